The first-order chi connectivity index (χ1) is 29.8. The minimum Gasteiger partial charge on any atom is -0.308 e. The average Bonchev–Trinajstić information content (AvgIpc) is 4.03. The molecule has 0 radical (unpaired) electrons. The van der Waals surface area contributed by atoms with E-state index in [1.54, 1.807) is 0 Å². The van der Waals surface area contributed by atoms with Gasteiger partial charge in [0.15, 0.2) is 0 Å². The molecule has 0 fully saturated rings. The molecule has 0 saturated carbocycles. The first kappa shape index (κ1) is 31.1. The largest absolute Gasteiger partial charge is 0.308 e. The van der Waals surface area contributed by atoms with Gasteiger partial charge in [0, 0.05) is 43.1 Å². The number of rotatable bonds is 2. The highest BCUT2D eigenvalue weighted by molar-refractivity contribution is 6.33. The summed E-state index contributed by atoms with van der Waals surface area (Å²) in [6.45, 7) is 0. The molecule has 4 heterocycles. The van der Waals surface area contributed by atoms with E-state index in [9.17, 15) is 0 Å². The molecule has 0 bridgehead atoms. The maximum Gasteiger partial charge on any atom is 0.0620 e. The molecule has 15 rings (SSSR count). The summed E-state index contributed by atoms with van der Waals surface area (Å²) in [7, 11) is 0. The van der Waals surface area contributed by atoms with Crippen molar-refractivity contribution in [1.29, 1.82) is 0 Å². The van der Waals surface area contributed by atoms with Crippen LogP contribution in [0.4, 0.5) is 0 Å². The molecule has 60 heavy (non-hydrogen) atoms. The van der Waals surface area contributed by atoms with Gasteiger partial charge in [-0.25, -0.2) is 0 Å². The Morgan fingerprint density at radius 2 is 0.550 bits per heavy atom. The van der Waals surface area contributed by atoms with Gasteiger partial charge in [-0.15, -0.1) is 0 Å². The lowest BCUT2D eigenvalue weighted by Crippen LogP contribution is -1.94. The Bertz CT molecular complexity index is 4060. The van der Waals surface area contributed by atoms with Gasteiger partial charge < -0.3 is 8.80 Å². The number of hydrogen-bond donors (Lipinski definition) is 0. The van der Waals surface area contributed by atoms with Crippen molar-refractivity contribution < 1.29 is 0 Å². The van der Waals surface area contributed by atoms with Crippen molar-refractivity contribution in [3.8, 4) is 22.3 Å². The Balaban J connectivity index is 1.25. The summed E-state index contributed by atoms with van der Waals surface area (Å²) in [5.74, 6) is 0. The molecule has 2 heteroatoms. The molecule has 2 nitrogen and oxygen atoms in total. The fraction of sp³-hybridized carbons (Fsp3) is 0. The van der Waals surface area contributed by atoms with Gasteiger partial charge in [0.05, 0.1) is 33.1 Å². The van der Waals surface area contributed by atoms with Gasteiger partial charge >= 0.3 is 0 Å². The van der Waals surface area contributed by atoms with Crippen LogP contribution < -0.4 is 0 Å². The van der Waals surface area contributed by atoms with Crippen LogP contribution in [-0.4, -0.2) is 8.80 Å². The topological polar surface area (TPSA) is 8.82 Å². The summed E-state index contributed by atoms with van der Waals surface area (Å²) in [6, 6.07) is 73.2. The van der Waals surface area contributed by atoms with E-state index in [1.165, 1.54) is 142 Å². The first-order valence-electron chi connectivity index (χ1n) is 20.9. The van der Waals surface area contributed by atoms with Crippen molar-refractivity contribution in [3.05, 3.63) is 194 Å². The van der Waals surface area contributed by atoms with E-state index < -0.39 is 0 Å². The lowest BCUT2D eigenvalue weighted by atomic mass is 9.82. The second-order valence-electron chi connectivity index (χ2n) is 16.7. The predicted molar refractivity (Wildman–Crippen MR) is 257 cm³/mol. The Morgan fingerprint density at radius 3 is 1.02 bits per heavy atom. The summed E-state index contributed by atoms with van der Waals surface area (Å²) in [5.41, 5.74) is 12.7. The highest BCUT2D eigenvalue weighted by Gasteiger charge is 2.26. The summed E-state index contributed by atoms with van der Waals surface area (Å²) in [5, 5.41) is 20.4. The molecule has 0 aliphatic rings. The molecule has 11 aromatic carbocycles. The molecule has 0 unspecified atom stereocenters. The van der Waals surface area contributed by atoms with Crippen LogP contribution in [0, 0.1) is 0 Å². The maximum atomic E-state index is 2.54. The molecule has 0 spiro atoms. The highest BCUT2D eigenvalue weighted by Crippen LogP contribution is 2.51. The second-order valence-corrected chi connectivity index (χ2v) is 16.7. The standard InChI is InChI=1S/C58H32N2/c1-3-17-35-33(13-1)15-9-21-39(35)55-47-29-45-43-25-11-23-41-38-20-6-8-28-52(38)60(57(41)43)54(45)32-50(47)56(40-22-10-16-34-14-2-4-18-36(34)40)48-30-46-44-26-12-24-42-37-19-5-7-27-51(37)59(58(42)44)53(46)31-49(48)55/h1-32H. The zero-order valence-electron chi connectivity index (χ0n) is 32.4. The van der Waals surface area contributed by atoms with Crippen molar-refractivity contribution >= 4 is 119 Å². The van der Waals surface area contributed by atoms with Crippen molar-refractivity contribution in [2.24, 2.45) is 0 Å². The van der Waals surface area contributed by atoms with Crippen LogP contribution in [0.1, 0.15) is 0 Å². The summed E-state index contributed by atoms with van der Waals surface area (Å²) < 4.78 is 5.07. The van der Waals surface area contributed by atoms with Crippen LogP contribution >= 0.6 is 0 Å². The van der Waals surface area contributed by atoms with Gasteiger partial charge in [0.1, 0.15) is 0 Å². The molecule has 0 N–H and O–H groups in total. The molecule has 0 aliphatic carbocycles. The fourth-order valence-electron chi connectivity index (χ4n) is 11.5. The van der Waals surface area contributed by atoms with Crippen LogP contribution in [0.3, 0.4) is 0 Å². The van der Waals surface area contributed by atoms with Gasteiger partial charge in [0.25, 0.3) is 0 Å². The molecule has 0 aliphatic heterocycles. The summed E-state index contributed by atoms with van der Waals surface area (Å²) >= 11 is 0. The number of nitrogens with zero attached hydrogens (tertiary/aromatic N) is 2. The van der Waals surface area contributed by atoms with E-state index >= 15 is 0 Å². The third-order valence-electron chi connectivity index (χ3n) is 13.9. The third kappa shape index (κ3) is 3.72. The molecule has 15 aromatic rings. The van der Waals surface area contributed by atoms with Crippen LogP contribution in [0.2, 0.25) is 0 Å². The first-order valence-corrected chi connectivity index (χ1v) is 20.9. The molecule has 274 valence electrons. The highest BCUT2D eigenvalue weighted by atomic mass is 14.9. The molecule has 0 saturated heterocycles. The zero-order chi connectivity index (χ0) is 38.8. The number of aromatic nitrogens is 2. The van der Waals surface area contributed by atoms with Crippen molar-refractivity contribution in [3.63, 3.8) is 0 Å². The second kappa shape index (κ2) is 11.0. The van der Waals surface area contributed by atoms with Crippen molar-refractivity contribution in [2.45, 2.75) is 0 Å². The summed E-state index contributed by atoms with van der Waals surface area (Å²) in [6.07, 6.45) is 0. The lowest BCUT2D eigenvalue weighted by Gasteiger charge is -2.21. The normalized spacial score (nSPS) is 12.7. The lowest BCUT2D eigenvalue weighted by molar-refractivity contribution is 1.37. The van der Waals surface area contributed by atoms with Crippen LogP contribution in [0.25, 0.3) is 142 Å². The maximum absolute atomic E-state index is 2.54. The number of benzene rings is 11. The summed E-state index contributed by atoms with van der Waals surface area (Å²) in [4.78, 5) is 0. The minimum atomic E-state index is 1.24. The quantitative estimate of drug-likeness (QED) is 0.155. The molecule has 0 amide bonds. The number of hydrogen-bond acceptors (Lipinski definition) is 0. The van der Waals surface area contributed by atoms with Crippen LogP contribution in [0.5, 0.6) is 0 Å². The molecular weight excluding hydrogens is 725 g/mol. The fourth-order valence-corrected chi connectivity index (χ4v) is 11.5. The van der Waals surface area contributed by atoms with E-state index in [1.807, 2.05) is 0 Å². The Morgan fingerprint density at radius 1 is 0.217 bits per heavy atom. The van der Waals surface area contributed by atoms with Crippen molar-refractivity contribution in [1.82, 2.24) is 8.80 Å². The van der Waals surface area contributed by atoms with E-state index in [4.69, 9.17) is 0 Å². The Hall–Kier alpha value is -7.94. The van der Waals surface area contributed by atoms with Gasteiger partial charge in [-0.1, -0.05) is 158 Å². The van der Waals surface area contributed by atoms with Crippen molar-refractivity contribution in [2.75, 3.05) is 0 Å². The monoisotopic (exact) mass is 756 g/mol. The van der Waals surface area contributed by atoms with E-state index in [0.717, 1.165) is 0 Å². The van der Waals surface area contributed by atoms with Crippen LogP contribution in [0.15, 0.2) is 194 Å². The van der Waals surface area contributed by atoms with E-state index in [-0.39, 0.29) is 0 Å². The van der Waals surface area contributed by atoms with Gasteiger partial charge in [-0.2, -0.15) is 0 Å². The molecule has 0 atom stereocenters. The Kier molecular flexibility index (Phi) is 5.68. The molecular formula is C58H32N2. The zero-order valence-corrected chi connectivity index (χ0v) is 32.4. The number of fused-ring (bicyclic) bond motifs is 16. The SMILES string of the molecule is c1ccc2c(-c3c4cc5c6cccc7c8ccccc8n(c5cc4c(-c4cccc5ccccc45)c4cc5c8cccc9c%10ccccc%10n(c5cc34)c98)c76)cccc2c1. The average molecular weight is 757 g/mol. The number of para-hydroxylation sites is 4. The van der Waals surface area contributed by atoms with Crippen LogP contribution in [-0.2, 0) is 0 Å². The molecule has 4 aromatic heterocycles. The Labute approximate surface area is 343 Å². The van der Waals surface area contributed by atoms with Gasteiger partial charge in [0.2, 0.25) is 0 Å². The minimum absolute atomic E-state index is 1.24. The van der Waals surface area contributed by atoms with Gasteiger partial charge in [-0.3, -0.25) is 0 Å². The van der Waals surface area contributed by atoms with E-state index in [0.29, 0.717) is 0 Å². The van der Waals surface area contributed by atoms with Gasteiger partial charge in [-0.05, 0) is 102 Å². The predicted octanol–water partition coefficient (Wildman–Crippen LogP) is 15.9. The third-order valence-corrected chi connectivity index (χ3v) is 13.9. The van der Waals surface area contributed by atoms with E-state index in [2.05, 4.69) is 203 Å². The smallest absolute Gasteiger partial charge is 0.0620 e.